The van der Waals surface area contributed by atoms with Crippen molar-refractivity contribution in [3.63, 3.8) is 0 Å². The lowest BCUT2D eigenvalue weighted by molar-refractivity contribution is -0.384. The Labute approximate surface area is 140 Å². The van der Waals surface area contributed by atoms with Gasteiger partial charge < -0.3 is 4.74 Å². The number of sulfonamides is 1. The van der Waals surface area contributed by atoms with Crippen LogP contribution in [0.4, 0.5) is 11.4 Å². The SMILES string of the molecule is CCOc1ccc(N(CC)S(=O)(=O)c2ccc([N+](=O)[O-])cc2)cc1. The molecule has 0 fully saturated rings. The maximum atomic E-state index is 12.8. The summed E-state index contributed by atoms with van der Waals surface area (Å²) in [7, 11) is -3.80. The van der Waals surface area contributed by atoms with Crippen molar-refractivity contribution in [1.29, 1.82) is 0 Å². The van der Waals surface area contributed by atoms with Gasteiger partial charge in [0.2, 0.25) is 0 Å². The van der Waals surface area contributed by atoms with E-state index in [2.05, 4.69) is 0 Å². The average molecular weight is 350 g/mol. The van der Waals surface area contributed by atoms with Gasteiger partial charge in [0.25, 0.3) is 15.7 Å². The number of non-ortho nitro benzene ring substituents is 1. The van der Waals surface area contributed by atoms with Gasteiger partial charge in [0.05, 0.1) is 22.1 Å². The van der Waals surface area contributed by atoms with Crippen molar-refractivity contribution < 1.29 is 18.1 Å². The summed E-state index contributed by atoms with van der Waals surface area (Å²) in [4.78, 5) is 10.1. The first-order valence-corrected chi connectivity index (χ1v) is 8.84. The molecule has 2 aromatic carbocycles. The third kappa shape index (κ3) is 3.65. The van der Waals surface area contributed by atoms with Gasteiger partial charge in [0.15, 0.2) is 0 Å². The molecule has 0 radical (unpaired) electrons. The summed E-state index contributed by atoms with van der Waals surface area (Å²) in [5, 5.41) is 10.7. The molecule has 0 N–H and O–H groups in total. The minimum atomic E-state index is -3.80. The number of anilines is 1. The smallest absolute Gasteiger partial charge is 0.269 e. The Hall–Kier alpha value is -2.61. The van der Waals surface area contributed by atoms with Gasteiger partial charge in [-0.2, -0.15) is 0 Å². The molecule has 0 amide bonds. The predicted octanol–water partition coefficient (Wildman–Crippen LogP) is 3.21. The third-order valence-electron chi connectivity index (χ3n) is 3.36. The number of nitro benzene ring substituents is 1. The van der Waals surface area contributed by atoms with E-state index in [0.717, 1.165) is 0 Å². The Morgan fingerprint density at radius 2 is 1.62 bits per heavy atom. The number of nitro groups is 1. The van der Waals surface area contributed by atoms with E-state index in [4.69, 9.17) is 4.74 Å². The molecule has 0 aliphatic rings. The molecule has 0 aromatic heterocycles. The first-order chi connectivity index (χ1) is 11.4. The third-order valence-corrected chi connectivity index (χ3v) is 5.28. The normalized spacial score (nSPS) is 11.1. The number of ether oxygens (including phenoxy) is 1. The monoisotopic (exact) mass is 350 g/mol. The molecule has 2 aromatic rings. The zero-order valence-corrected chi connectivity index (χ0v) is 14.2. The Morgan fingerprint density at radius 3 is 2.08 bits per heavy atom. The number of rotatable bonds is 7. The number of benzene rings is 2. The van der Waals surface area contributed by atoms with E-state index in [9.17, 15) is 18.5 Å². The van der Waals surface area contributed by atoms with E-state index in [1.54, 1.807) is 31.2 Å². The summed E-state index contributed by atoms with van der Waals surface area (Å²) < 4.78 is 32.1. The molecule has 0 aliphatic carbocycles. The van der Waals surface area contributed by atoms with Crippen LogP contribution in [0, 0.1) is 10.1 Å². The lowest BCUT2D eigenvalue weighted by Gasteiger charge is -2.23. The molecule has 128 valence electrons. The molecule has 0 saturated heterocycles. The van der Waals surface area contributed by atoms with Crippen LogP contribution in [-0.4, -0.2) is 26.5 Å². The summed E-state index contributed by atoms with van der Waals surface area (Å²) in [6.07, 6.45) is 0. The van der Waals surface area contributed by atoms with Crippen molar-refractivity contribution in [3.8, 4) is 5.75 Å². The van der Waals surface area contributed by atoms with Crippen LogP contribution in [-0.2, 0) is 10.0 Å². The van der Waals surface area contributed by atoms with Crippen LogP contribution in [0.1, 0.15) is 13.8 Å². The van der Waals surface area contributed by atoms with Gasteiger partial charge in [-0.15, -0.1) is 0 Å². The molecule has 0 aliphatic heterocycles. The van der Waals surface area contributed by atoms with E-state index < -0.39 is 14.9 Å². The molecular weight excluding hydrogens is 332 g/mol. The van der Waals surface area contributed by atoms with E-state index in [1.807, 2.05) is 6.92 Å². The molecule has 8 heteroatoms. The average Bonchev–Trinajstić information content (AvgIpc) is 2.57. The summed E-state index contributed by atoms with van der Waals surface area (Å²) in [5.74, 6) is 0.657. The quantitative estimate of drug-likeness (QED) is 0.565. The van der Waals surface area contributed by atoms with Gasteiger partial charge in [-0.1, -0.05) is 0 Å². The van der Waals surface area contributed by atoms with Crippen LogP contribution in [0.15, 0.2) is 53.4 Å². The van der Waals surface area contributed by atoms with Crippen molar-refractivity contribution in [2.75, 3.05) is 17.5 Å². The molecule has 0 unspecified atom stereocenters. The minimum Gasteiger partial charge on any atom is -0.494 e. The standard InChI is InChI=1S/C16H18N2O5S/c1-3-17(13-5-9-15(10-6-13)23-4-2)24(21,22)16-11-7-14(8-12-16)18(19)20/h5-12H,3-4H2,1-2H3. The van der Waals surface area contributed by atoms with Crippen LogP contribution in [0.2, 0.25) is 0 Å². The van der Waals surface area contributed by atoms with Crippen molar-refractivity contribution in [1.82, 2.24) is 0 Å². The number of nitrogens with zero attached hydrogens (tertiary/aromatic N) is 2. The van der Waals surface area contributed by atoms with Crippen LogP contribution < -0.4 is 9.04 Å². The van der Waals surface area contributed by atoms with Crippen molar-refractivity contribution in [2.24, 2.45) is 0 Å². The molecule has 0 saturated carbocycles. The Balaban J connectivity index is 2.35. The van der Waals surface area contributed by atoms with Gasteiger partial charge in [-0.3, -0.25) is 14.4 Å². The fraction of sp³-hybridized carbons (Fsp3) is 0.250. The summed E-state index contributed by atoms with van der Waals surface area (Å²) in [5.41, 5.74) is 0.345. The van der Waals surface area contributed by atoms with Gasteiger partial charge in [-0.25, -0.2) is 8.42 Å². The van der Waals surface area contributed by atoms with Crippen molar-refractivity contribution in [3.05, 3.63) is 58.6 Å². The number of hydrogen-bond donors (Lipinski definition) is 0. The van der Waals surface area contributed by atoms with Crippen molar-refractivity contribution >= 4 is 21.4 Å². The second kappa shape index (κ2) is 7.31. The molecule has 7 nitrogen and oxygen atoms in total. The highest BCUT2D eigenvalue weighted by molar-refractivity contribution is 7.92. The molecule has 24 heavy (non-hydrogen) atoms. The van der Waals surface area contributed by atoms with Crippen LogP contribution in [0.5, 0.6) is 5.75 Å². The summed E-state index contributed by atoms with van der Waals surface area (Å²) in [6.45, 7) is 4.34. The van der Waals surface area contributed by atoms with Crippen molar-refractivity contribution in [2.45, 2.75) is 18.7 Å². The Kier molecular flexibility index (Phi) is 5.40. The zero-order valence-electron chi connectivity index (χ0n) is 13.4. The zero-order chi connectivity index (χ0) is 17.7. The van der Waals surface area contributed by atoms with E-state index in [-0.39, 0.29) is 17.1 Å². The minimum absolute atomic E-state index is 0.00355. The fourth-order valence-corrected chi connectivity index (χ4v) is 3.71. The lowest BCUT2D eigenvalue weighted by Crippen LogP contribution is -2.30. The first kappa shape index (κ1) is 17.7. The maximum absolute atomic E-state index is 12.8. The lowest BCUT2D eigenvalue weighted by atomic mass is 10.3. The van der Waals surface area contributed by atoms with E-state index in [1.165, 1.54) is 28.6 Å². The van der Waals surface area contributed by atoms with Crippen LogP contribution in [0.25, 0.3) is 0 Å². The second-order valence-corrected chi connectivity index (χ2v) is 6.71. The van der Waals surface area contributed by atoms with Crippen LogP contribution in [0.3, 0.4) is 0 Å². The highest BCUT2D eigenvalue weighted by atomic mass is 32.2. The topological polar surface area (TPSA) is 89.8 Å². The second-order valence-electron chi connectivity index (χ2n) is 4.85. The van der Waals surface area contributed by atoms with E-state index in [0.29, 0.717) is 18.0 Å². The Bertz CT molecular complexity index is 801. The van der Waals surface area contributed by atoms with Gasteiger partial charge in [-0.05, 0) is 50.2 Å². The highest BCUT2D eigenvalue weighted by Gasteiger charge is 2.24. The fourth-order valence-electron chi connectivity index (χ4n) is 2.23. The molecule has 2 rings (SSSR count). The molecular formula is C16H18N2O5S. The predicted molar refractivity (Wildman–Crippen MR) is 90.9 cm³/mol. The van der Waals surface area contributed by atoms with Gasteiger partial charge in [0.1, 0.15) is 5.75 Å². The molecule has 0 atom stereocenters. The summed E-state index contributed by atoms with van der Waals surface area (Å²) in [6, 6.07) is 11.6. The number of hydrogen-bond acceptors (Lipinski definition) is 5. The maximum Gasteiger partial charge on any atom is 0.269 e. The van der Waals surface area contributed by atoms with E-state index >= 15 is 0 Å². The first-order valence-electron chi connectivity index (χ1n) is 7.40. The van der Waals surface area contributed by atoms with Gasteiger partial charge in [0, 0.05) is 18.7 Å². The highest BCUT2D eigenvalue weighted by Crippen LogP contribution is 2.26. The van der Waals surface area contributed by atoms with Gasteiger partial charge >= 0.3 is 0 Å². The summed E-state index contributed by atoms with van der Waals surface area (Å²) >= 11 is 0. The largest absolute Gasteiger partial charge is 0.494 e. The Morgan fingerprint density at radius 1 is 1.04 bits per heavy atom. The molecule has 0 spiro atoms. The molecule has 0 heterocycles. The molecule has 0 bridgehead atoms. The van der Waals surface area contributed by atoms with Crippen LogP contribution >= 0.6 is 0 Å².